The molecular weight excluding hydrogens is 204 g/mol. The second-order valence-electron chi connectivity index (χ2n) is 1.97. The maximum Gasteiger partial charge on any atom is 0.438 e. The Labute approximate surface area is 68.2 Å². The standard InChI is InChI=1S/C5H3F6NO/c1-2(13)12-3(4(6,7)8)5(9,10)11/h1H3. The Balaban J connectivity index is 5.13. The molecule has 0 radical (unpaired) electrons. The molecule has 0 bridgehead atoms. The van der Waals surface area contributed by atoms with Gasteiger partial charge in [0.25, 0.3) is 0 Å². The van der Waals surface area contributed by atoms with Gasteiger partial charge in [0.2, 0.25) is 11.6 Å². The van der Waals surface area contributed by atoms with Gasteiger partial charge in [-0.2, -0.15) is 26.3 Å². The van der Waals surface area contributed by atoms with E-state index in [-0.39, 0.29) is 0 Å². The number of amides is 1. The zero-order valence-corrected chi connectivity index (χ0v) is 6.12. The number of carbonyl (C=O) groups excluding carboxylic acids is 1. The molecule has 0 aromatic heterocycles. The molecule has 0 unspecified atom stereocenters. The average molecular weight is 207 g/mol. The molecule has 0 aliphatic heterocycles. The molecule has 0 rings (SSSR count). The zero-order valence-electron chi connectivity index (χ0n) is 6.12. The van der Waals surface area contributed by atoms with Crippen LogP contribution in [0.4, 0.5) is 26.3 Å². The lowest BCUT2D eigenvalue weighted by atomic mass is 10.3. The highest BCUT2D eigenvalue weighted by atomic mass is 19.4. The van der Waals surface area contributed by atoms with Crippen LogP contribution in [0.2, 0.25) is 0 Å². The van der Waals surface area contributed by atoms with E-state index in [1.165, 1.54) is 0 Å². The highest BCUT2D eigenvalue weighted by Crippen LogP contribution is 2.30. The van der Waals surface area contributed by atoms with Crippen molar-refractivity contribution in [2.45, 2.75) is 19.3 Å². The van der Waals surface area contributed by atoms with Crippen LogP contribution in [-0.4, -0.2) is 24.0 Å². The quantitative estimate of drug-likeness (QED) is 0.441. The Kier molecular flexibility index (Phi) is 3.07. The molecule has 0 N–H and O–H groups in total. The van der Waals surface area contributed by atoms with Crippen LogP contribution >= 0.6 is 0 Å². The minimum absolute atomic E-state index is 0.497. The number of rotatable bonds is 0. The third-order valence-corrected chi connectivity index (χ3v) is 0.806. The van der Waals surface area contributed by atoms with Gasteiger partial charge in [-0.3, -0.25) is 4.79 Å². The fraction of sp³-hybridized carbons (Fsp3) is 0.600. The summed E-state index contributed by atoms with van der Waals surface area (Å²) in [6.45, 7) is 0.497. The van der Waals surface area contributed by atoms with Gasteiger partial charge >= 0.3 is 12.4 Å². The summed E-state index contributed by atoms with van der Waals surface area (Å²) in [5, 5.41) is 0. The van der Waals surface area contributed by atoms with Gasteiger partial charge in [-0.25, -0.2) is 4.99 Å². The van der Waals surface area contributed by atoms with Crippen LogP contribution in [0.3, 0.4) is 0 Å². The minimum atomic E-state index is -5.66. The molecule has 8 heteroatoms. The summed E-state index contributed by atoms with van der Waals surface area (Å²) in [4.78, 5) is 11.8. The predicted molar refractivity (Wildman–Crippen MR) is 30.2 cm³/mol. The Hall–Kier alpha value is -1.08. The van der Waals surface area contributed by atoms with Crippen LogP contribution in [0.15, 0.2) is 4.99 Å². The Morgan fingerprint density at radius 1 is 1.00 bits per heavy atom. The van der Waals surface area contributed by atoms with E-state index in [9.17, 15) is 31.1 Å². The summed E-state index contributed by atoms with van der Waals surface area (Å²) in [6, 6.07) is 0. The van der Waals surface area contributed by atoms with E-state index in [0.717, 1.165) is 0 Å². The normalized spacial score (nSPS) is 12.5. The summed E-state index contributed by atoms with van der Waals surface area (Å²) in [7, 11) is 0. The van der Waals surface area contributed by atoms with Crippen molar-refractivity contribution in [3.8, 4) is 0 Å². The molecule has 0 heterocycles. The first kappa shape index (κ1) is 11.9. The number of nitrogens with zero attached hydrogens (tertiary/aromatic N) is 1. The molecule has 76 valence electrons. The van der Waals surface area contributed by atoms with E-state index in [0.29, 0.717) is 6.92 Å². The maximum absolute atomic E-state index is 11.6. The maximum atomic E-state index is 11.6. The Bertz CT molecular complexity index is 220. The lowest BCUT2D eigenvalue weighted by molar-refractivity contribution is -0.125. The molecule has 1 amide bonds. The van der Waals surface area contributed by atoms with Crippen molar-refractivity contribution in [1.82, 2.24) is 0 Å². The molecule has 0 aromatic carbocycles. The van der Waals surface area contributed by atoms with Gasteiger partial charge in [0, 0.05) is 6.92 Å². The second kappa shape index (κ2) is 3.35. The van der Waals surface area contributed by atoms with E-state index in [1.807, 2.05) is 4.99 Å². The van der Waals surface area contributed by atoms with Gasteiger partial charge in [-0.15, -0.1) is 0 Å². The largest absolute Gasteiger partial charge is 0.438 e. The number of halogens is 6. The van der Waals surface area contributed by atoms with Crippen LogP contribution < -0.4 is 0 Å². The SMILES string of the molecule is CC(=O)N=C(C(F)(F)F)C(F)(F)F. The smallest absolute Gasteiger partial charge is 0.273 e. The van der Waals surface area contributed by atoms with Gasteiger partial charge in [0.15, 0.2) is 0 Å². The first-order chi connectivity index (χ1) is 5.55. The van der Waals surface area contributed by atoms with E-state index < -0.39 is 24.0 Å². The van der Waals surface area contributed by atoms with Crippen molar-refractivity contribution >= 4 is 11.6 Å². The number of alkyl halides is 6. The zero-order chi connectivity index (χ0) is 10.9. The van der Waals surface area contributed by atoms with E-state index in [2.05, 4.69) is 0 Å². The number of carbonyl (C=O) groups is 1. The third-order valence-electron chi connectivity index (χ3n) is 0.806. The highest BCUT2D eigenvalue weighted by molar-refractivity contribution is 6.01. The first-order valence-corrected chi connectivity index (χ1v) is 2.79. The number of hydrogen-bond acceptors (Lipinski definition) is 1. The van der Waals surface area contributed by atoms with E-state index >= 15 is 0 Å². The third kappa shape index (κ3) is 3.90. The Morgan fingerprint density at radius 2 is 1.31 bits per heavy atom. The van der Waals surface area contributed by atoms with Gasteiger partial charge in [-0.1, -0.05) is 0 Å². The van der Waals surface area contributed by atoms with E-state index in [4.69, 9.17) is 0 Å². The molecular formula is C5H3F6NO. The van der Waals surface area contributed by atoms with Crippen molar-refractivity contribution in [2.75, 3.05) is 0 Å². The van der Waals surface area contributed by atoms with Crippen LogP contribution in [0.1, 0.15) is 6.92 Å². The number of hydrogen-bond donors (Lipinski definition) is 0. The van der Waals surface area contributed by atoms with Gasteiger partial charge < -0.3 is 0 Å². The average Bonchev–Trinajstić information content (AvgIpc) is 1.77. The molecule has 2 nitrogen and oxygen atoms in total. The van der Waals surface area contributed by atoms with Crippen molar-refractivity contribution < 1.29 is 31.1 Å². The molecule has 0 saturated carbocycles. The molecule has 0 aliphatic rings. The summed E-state index contributed by atoms with van der Waals surface area (Å²) in [5.74, 6) is -1.55. The summed E-state index contributed by atoms with van der Waals surface area (Å²) in [5.41, 5.74) is -3.03. The van der Waals surface area contributed by atoms with E-state index in [1.54, 1.807) is 0 Å². The van der Waals surface area contributed by atoms with Gasteiger partial charge in [0.05, 0.1) is 0 Å². The molecule has 0 aliphatic carbocycles. The van der Waals surface area contributed by atoms with Crippen LogP contribution in [0.25, 0.3) is 0 Å². The fourth-order valence-electron chi connectivity index (χ4n) is 0.445. The lowest BCUT2D eigenvalue weighted by Gasteiger charge is -2.12. The highest BCUT2D eigenvalue weighted by Gasteiger charge is 2.53. The molecule has 0 aromatic rings. The molecule has 0 atom stereocenters. The van der Waals surface area contributed by atoms with Crippen LogP contribution in [0, 0.1) is 0 Å². The second-order valence-corrected chi connectivity index (χ2v) is 1.97. The van der Waals surface area contributed by atoms with Crippen molar-refractivity contribution in [1.29, 1.82) is 0 Å². The fourth-order valence-corrected chi connectivity index (χ4v) is 0.445. The monoisotopic (exact) mass is 207 g/mol. The Morgan fingerprint density at radius 3 is 1.38 bits per heavy atom. The lowest BCUT2D eigenvalue weighted by Crippen LogP contribution is -2.37. The summed E-state index contributed by atoms with van der Waals surface area (Å²) < 4.78 is 69.4. The minimum Gasteiger partial charge on any atom is -0.273 e. The molecule has 13 heavy (non-hydrogen) atoms. The van der Waals surface area contributed by atoms with Crippen LogP contribution in [-0.2, 0) is 4.79 Å². The van der Waals surface area contributed by atoms with Gasteiger partial charge in [-0.05, 0) is 0 Å². The van der Waals surface area contributed by atoms with Gasteiger partial charge in [0.1, 0.15) is 0 Å². The van der Waals surface area contributed by atoms with Crippen molar-refractivity contribution in [3.05, 3.63) is 0 Å². The number of aliphatic imine (C=N–C) groups is 1. The summed E-state index contributed by atoms with van der Waals surface area (Å²) in [6.07, 6.45) is -11.3. The molecule has 0 spiro atoms. The summed E-state index contributed by atoms with van der Waals surface area (Å²) >= 11 is 0. The van der Waals surface area contributed by atoms with Crippen molar-refractivity contribution in [2.24, 2.45) is 4.99 Å². The predicted octanol–water partition coefficient (Wildman–Crippen LogP) is 2.10. The van der Waals surface area contributed by atoms with Crippen molar-refractivity contribution in [3.63, 3.8) is 0 Å². The first-order valence-electron chi connectivity index (χ1n) is 2.79. The molecule has 0 fully saturated rings. The van der Waals surface area contributed by atoms with Crippen LogP contribution in [0.5, 0.6) is 0 Å². The topological polar surface area (TPSA) is 29.4 Å². The molecule has 0 saturated heterocycles.